The molecule has 114 valence electrons. The molecular formula is C15H18BrNO4. The van der Waals surface area contributed by atoms with Crippen LogP contribution in [-0.2, 0) is 4.79 Å². The van der Waals surface area contributed by atoms with E-state index in [0.717, 1.165) is 19.3 Å². The van der Waals surface area contributed by atoms with Gasteiger partial charge in [-0.15, -0.1) is 0 Å². The molecule has 0 saturated carbocycles. The molecule has 1 heterocycles. The molecular weight excluding hydrogens is 338 g/mol. The SMILES string of the molecule is COc1ccc(C(=O)N2CCCCCC2C(=O)O)cc1Br. The second kappa shape index (κ2) is 6.93. The summed E-state index contributed by atoms with van der Waals surface area (Å²) in [5, 5.41) is 9.34. The Morgan fingerprint density at radius 2 is 2.10 bits per heavy atom. The predicted molar refractivity (Wildman–Crippen MR) is 81.6 cm³/mol. The minimum Gasteiger partial charge on any atom is -0.496 e. The van der Waals surface area contributed by atoms with Gasteiger partial charge in [0, 0.05) is 12.1 Å². The average Bonchev–Trinajstić information content (AvgIpc) is 2.72. The van der Waals surface area contributed by atoms with Crippen LogP contribution >= 0.6 is 15.9 Å². The van der Waals surface area contributed by atoms with Gasteiger partial charge in [0.25, 0.3) is 5.91 Å². The largest absolute Gasteiger partial charge is 0.496 e. The normalized spacial score (nSPS) is 19.0. The van der Waals surface area contributed by atoms with Crippen LogP contribution in [0.3, 0.4) is 0 Å². The zero-order valence-electron chi connectivity index (χ0n) is 11.8. The molecule has 1 aliphatic heterocycles. The van der Waals surface area contributed by atoms with Gasteiger partial charge in [-0.25, -0.2) is 4.79 Å². The van der Waals surface area contributed by atoms with Gasteiger partial charge in [-0.2, -0.15) is 0 Å². The van der Waals surface area contributed by atoms with Gasteiger partial charge < -0.3 is 14.7 Å². The molecule has 1 N–H and O–H groups in total. The highest BCUT2D eigenvalue weighted by atomic mass is 79.9. The molecule has 0 aliphatic carbocycles. The van der Waals surface area contributed by atoms with E-state index in [-0.39, 0.29) is 5.91 Å². The number of aliphatic carboxylic acids is 1. The van der Waals surface area contributed by atoms with Crippen molar-refractivity contribution in [3.8, 4) is 5.75 Å². The van der Waals surface area contributed by atoms with E-state index >= 15 is 0 Å². The Hall–Kier alpha value is -1.56. The second-order valence-corrected chi connectivity index (χ2v) is 5.91. The number of halogens is 1. The first kappa shape index (κ1) is 15.8. The second-order valence-electron chi connectivity index (χ2n) is 5.05. The van der Waals surface area contributed by atoms with Gasteiger partial charge in [-0.1, -0.05) is 12.8 Å². The van der Waals surface area contributed by atoms with Crippen LogP contribution in [0.4, 0.5) is 0 Å². The molecule has 0 bridgehead atoms. The summed E-state index contributed by atoms with van der Waals surface area (Å²) in [5.74, 6) is -0.539. The topological polar surface area (TPSA) is 66.8 Å². The maximum Gasteiger partial charge on any atom is 0.326 e. The third-order valence-corrected chi connectivity index (χ3v) is 4.32. The molecule has 21 heavy (non-hydrogen) atoms. The molecule has 0 spiro atoms. The number of carboxylic acids is 1. The standard InChI is InChI=1S/C15H18BrNO4/c1-21-13-7-6-10(9-11(13)16)14(18)17-8-4-2-3-5-12(17)15(19)20/h6-7,9,12H,2-5,8H2,1H3,(H,19,20). The molecule has 1 unspecified atom stereocenters. The minimum absolute atomic E-state index is 0.243. The molecule has 1 aliphatic rings. The number of carboxylic acid groups (broad SMARTS) is 1. The fourth-order valence-electron chi connectivity index (χ4n) is 2.57. The third kappa shape index (κ3) is 3.56. The zero-order chi connectivity index (χ0) is 15.4. The van der Waals surface area contributed by atoms with E-state index in [1.807, 2.05) is 0 Å². The van der Waals surface area contributed by atoms with E-state index in [9.17, 15) is 14.7 Å². The summed E-state index contributed by atoms with van der Waals surface area (Å²) in [7, 11) is 1.55. The number of methoxy groups -OCH3 is 1. The molecule has 1 saturated heterocycles. The van der Waals surface area contributed by atoms with Crippen molar-refractivity contribution >= 4 is 27.8 Å². The van der Waals surface area contributed by atoms with Gasteiger partial charge in [-0.05, 0) is 47.0 Å². The third-order valence-electron chi connectivity index (χ3n) is 3.70. The lowest BCUT2D eigenvalue weighted by atomic mass is 10.1. The van der Waals surface area contributed by atoms with E-state index in [4.69, 9.17) is 4.74 Å². The summed E-state index contributed by atoms with van der Waals surface area (Å²) >= 11 is 3.35. The van der Waals surface area contributed by atoms with E-state index in [0.29, 0.717) is 28.8 Å². The average molecular weight is 356 g/mol. The molecule has 1 aromatic rings. The van der Waals surface area contributed by atoms with Crippen LogP contribution in [0.2, 0.25) is 0 Å². The van der Waals surface area contributed by atoms with Crippen LogP contribution in [0.1, 0.15) is 36.0 Å². The van der Waals surface area contributed by atoms with Gasteiger partial charge in [0.15, 0.2) is 0 Å². The van der Waals surface area contributed by atoms with E-state index in [1.54, 1.807) is 25.3 Å². The fraction of sp³-hybridized carbons (Fsp3) is 0.467. The summed E-state index contributed by atoms with van der Waals surface area (Å²) in [6, 6.07) is 4.30. The molecule has 1 atom stereocenters. The van der Waals surface area contributed by atoms with E-state index in [2.05, 4.69) is 15.9 Å². The first-order valence-electron chi connectivity index (χ1n) is 6.92. The van der Waals surface area contributed by atoms with Gasteiger partial charge in [0.05, 0.1) is 11.6 Å². The smallest absolute Gasteiger partial charge is 0.326 e. The van der Waals surface area contributed by atoms with Crippen molar-refractivity contribution in [2.24, 2.45) is 0 Å². The Bertz CT molecular complexity index is 546. The molecule has 0 radical (unpaired) electrons. The van der Waals surface area contributed by atoms with Crippen molar-refractivity contribution in [3.63, 3.8) is 0 Å². The Labute approximate surface area is 132 Å². The highest BCUT2D eigenvalue weighted by molar-refractivity contribution is 9.10. The molecule has 6 heteroatoms. The fourth-order valence-corrected chi connectivity index (χ4v) is 3.11. The molecule has 1 aromatic carbocycles. The Morgan fingerprint density at radius 1 is 1.33 bits per heavy atom. The van der Waals surface area contributed by atoms with Crippen LogP contribution in [0.5, 0.6) is 5.75 Å². The van der Waals surface area contributed by atoms with Crippen LogP contribution < -0.4 is 4.74 Å². The number of hydrogen-bond donors (Lipinski definition) is 1. The van der Waals surface area contributed by atoms with E-state index < -0.39 is 12.0 Å². The lowest BCUT2D eigenvalue weighted by molar-refractivity contribution is -0.142. The van der Waals surface area contributed by atoms with Crippen molar-refractivity contribution < 1.29 is 19.4 Å². The highest BCUT2D eigenvalue weighted by Gasteiger charge is 2.31. The Kier molecular flexibility index (Phi) is 5.22. The number of amides is 1. The summed E-state index contributed by atoms with van der Waals surface area (Å²) in [6.07, 6.45) is 3.15. The van der Waals surface area contributed by atoms with Crippen molar-refractivity contribution in [2.45, 2.75) is 31.7 Å². The molecule has 1 fully saturated rings. The molecule has 0 aromatic heterocycles. The van der Waals surface area contributed by atoms with Crippen LogP contribution in [-0.4, -0.2) is 41.6 Å². The lowest BCUT2D eigenvalue weighted by Gasteiger charge is -2.27. The Balaban J connectivity index is 2.27. The Morgan fingerprint density at radius 3 is 2.71 bits per heavy atom. The van der Waals surface area contributed by atoms with Gasteiger partial charge in [-0.3, -0.25) is 4.79 Å². The summed E-state index contributed by atoms with van der Waals surface area (Å²) in [4.78, 5) is 25.5. The number of benzene rings is 1. The maximum atomic E-state index is 12.6. The molecule has 5 nitrogen and oxygen atoms in total. The number of carbonyl (C=O) groups excluding carboxylic acids is 1. The summed E-state index contributed by atoms with van der Waals surface area (Å²) < 4.78 is 5.82. The van der Waals surface area contributed by atoms with Crippen molar-refractivity contribution in [3.05, 3.63) is 28.2 Å². The quantitative estimate of drug-likeness (QED) is 0.904. The van der Waals surface area contributed by atoms with Crippen LogP contribution in [0.25, 0.3) is 0 Å². The van der Waals surface area contributed by atoms with Crippen LogP contribution in [0.15, 0.2) is 22.7 Å². The zero-order valence-corrected chi connectivity index (χ0v) is 13.4. The number of ether oxygens (including phenoxy) is 1. The number of likely N-dealkylation sites (tertiary alicyclic amines) is 1. The van der Waals surface area contributed by atoms with Gasteiger partial charge in [0.1, 0.15) is 11.8 Å². The van der Waals surface area contributed by atoms with Gasteiger partial charge >= 0.3 is 5.97 Å². The number of carbonyl (C=O) groups is 2. The molecule has 1 amide bonds. The van der Waals surface area contributed by atoms with E-state index in [1.165, 1.54) is 4.90 Å². The van der Waals surface area contributed by atoms with Crippen molar-refractivity contribution in [1.29, 1.82) is 0 Å². The minimum atomic E-state index is -0.933. The summed E-state index contributed by atoms with van der Waals surface area (Å²) in [6.45, 7) is 0.486. The maximum absolute atomic E-state index is 12.6. The number of nitrogens with zero attached hydrogens (tertiary/aromatic N) is 1. The predicted octanol–water partition coefficient (Wildman–Crippen LogP) is 2.93. The highest BCUT2D eigenvalue weighted by Crippen LogP contribution is 2.27. The summed E-state index contributed by atoms with van der Waals surface area (Å²) in [5.41, 5.74) is 0.468. The first-order valence-corrected chi connectivity index (χ1v) is 7.71. The van der Waals surface area contributed by atoms with Crippen molar-refractivity contribution in [1.82, 2.24) is 4.90 Å². The lowest BCUT2D eigenvalue weighted by Crippen LogP contribution is -2.44. The molecule has 2 rings (SSSR count). The first-order chi connectivity index (χ1) is 10.0. The monoisotopic (exact) mass is 355 g/mol. The number of hydrogen-bond acceptors (Lipinski definition) is 3. The van der Waals surface area contributed by atoms with Crippen LogP contribution in [0, 0.1) is 0 Å². The number of rotatable bonds is 3. The van der Waals surface area contributed by atoms with Gasteiger partial charge in [0.2, 0.25) is 0 Å². The van der Waals surface area contributed by atoms with Crippen molar-refractivity contribution in [2.75, 3.05) is 13.7 Å².